The molecule has 73 heavy (non-hydrogen) atoms. The highest BCUT2D eigenvalue weighted by Gasteiger charge is 2.32. The maximum atomic E-state index is 13.3. The zero-order chi connectivity index (χ0) is 51.2. The summed E-state index contributed by atoms with van der Waals surface area (Å²) in [7, 11) is 0. The van der Waals surface area contributed by atoms with Crippen LogP contribution in [0.15, 0.2) is 94.5 Å². The number of phenolic OH excluding ortho intramolecular Hbond substituents is 2. The quantitative estimate of drug-likeness (QED) is 0.109. The van der Waals surface area contributed by atoms with Gasteiger partial charge in [-0.3, -0.25) is 9.59 Å². The van der Waals surface area contributed by atoms with Crippen LogP contribution in [0.5, 0.6) is 34.5 Å². The first-order chi connectivity index (χ1) is 35.1. The van der Waals surface area contributed by atoms with Crippen molar-refractivity contribution in [3.63, 3.8) is 0 Å². The van der Waals surface area contributed by atoms with E-state index in [9.17, 15) is 24.6 Å². The number of piperidine rings is 2. The number of pyridine rings is 2. The minimum atomic E-state index is -0.596. The second-order valence-electron chi connectivity index (χ2n) is 20.7. The Morgan fingerprint density at radius 2 is 1.08 bits per heavy atom. The number of benzene rings is 4. The number of likely N-dealkylation sites (tertiary alicyclic amines) is 2. The number of aryl methyl sites for hydroxylation is 2. The number of amides is 1. The van der Waals surface area contributed by atoms with Crippen molar-refractivity contribution in [3.05, 3.63) is 128 Å². The molecule has 4 aromatic carbocycles. The van der Waals surface area contributed by atoms with Gasteiger partial charge in [-0.15, -0.1) is 0 Å². The number of aromatic nitrogens is 2. The Morgan fingerprint density at radius 1 is 0.616 bits per heavy atom. The molecule has 3 N–H and O–H groups in total. The van der Waals surface area contributed by atoms with Crippen molar-refractivity contribution in [2.45, 2.75) is 104 Å². The molecule has 4 aliphatic heterocycles. The van der Waals surface area contributed by atoms with Gasteiger partial charge in [-0.05, 0) is 144 Å². The zero-order valence-electron chi connectivity index (χ0n) is 42.9. The lowest BCUT2D eigenvalue weighted by Gasteiger charge is -2.39. The van der Waals surface area contributed by atoms with Crippen molar-refractivity contribution >= 4 is 27.9 Å². The summed E-state index contributed by atoms with van der Waals surface area (Å²) in [5, 5.41) is 25.6. The average molecular weight is 999 g/mol. The van der Waals surface area contributed by atoms with E-state index in [1.807, 2.05) is 75.9 Å². The third-order valence-corrected chi connectivity index (χ3v) is 14.3. The summed E-state index contributed by atoms with van der Waals surface area (Å²) in [6, 6.07) is 26.2. The number of fused-ring (bicyclic) bond motifs is 4. The second-order valence-corrected chi connectivity index (χ2v) is 20.7. The second kappa shape index (κ2) is 22.6. The third-order valence-electron chi connectivity index (χ3n) is 14.3. The fraction of sp³-hybridized carbons (Fsp3) is 0.456. The molecule has 6 aromatic rings. The highest BCUT2D eigenvalue weighted by atomic mass is 16.6. The fourth-order valence-electron chi connectivity index (χ4n) is 10.3. The van der Waals surface area contributed by atoms with E-state index in [0.717, 1.165) is 121 Å². The molecular formula is C57H70N6O10. The molecule has 0 spiro atoms. The van der Waals surface area contributed by atoms with Crippen LogP contribution in [0.4, 0.5) is 4.79 Å². The number of hydrogen-bond donors (Lipinski definition) is 3. The van der Waals surface area contributed by atoms with Crippen LogP contribution in [0.25, 0.3) is 21.8 Å². The van der Waals surface area contributed by atoms with Crippen LogP contribution >= 0.6 is 0 Å². The van der Waals surface area contributed by atoms with E-state index in [0.29, 0.717) is 64.4 Å². The molecule has 0 radical (unpaired) electrons. The lowest BCUT2D eigenvalue weighted by Crippen LogP contribution is -2.49. The Labute approximate surface area is 426 Å². The maximum absolute atomic E-state index is 13.3. The van der Waals surface area contributed by atoms with Crippen LogP contribution in [-0.4, -0.2) is 124 Å². The molecule has 2 saturated heterocycles. The molecule has 388 valence electrons. The number of aromatic hydroxyl groups is 2. The van der Waals surface area contributed by atoms with Gasteiger partial charge in [-0.25, -0.2) is 4.79 Å². The van der Waals surface area contributed by atoms with E-state index < -0.39 is 5.60 Å². The Bertz CT molecular complexity index is 3040. The van der Waals surface area contributed by atoms with Gasteiger partial charge >= 0.3 is 6.09 Å². The summed E-state index contributed by atoms with van der Waals surface area (Å²) in [5.74, 6) is 3.42. The van der Waals surface area contributed by atoms with Gasteiger partial charge in [-0.1, -0.05) is 12.1 Å². The number of carbonyl (C=O) groups is 1. The van der Waals surface area contributed by atoms with Crippen molar-refractivity contribution in [3.8, 4) is 34.5 Å². The standard InChI is InChI=1S/C31H39N3O6.C26H31N3O4/c1-21-17-29(36)33(26-19-24(35)6-7-25(21)26)14-13-32-11-9-23(10-12-32)34(30(37)40-31(2,3)4)20-22-5-8-27-28(18-22)39-16-15-38-27;1-18-14-26(31)29(23-16-21(30)3-4-22(18)23)11-10-28-8-6-20(7-9-28)27-17-19-2-5-24-25(15-19)33-13-12-32-24/h5-8,17-19,23,35H,9-16,20H2,1-4H3;2-5,14-16,20,27,30H,6-13,17H2,1H3. The van der Waals surface area contributed by atoms with Crippen LogP contribution in [0.2, 0.25) is 0 Å². The average Bonchev–Trinajstić information content (AvgIpc) is 3.37. The summed E-state index contributed by atoms with van der Waals surface area (Å²) < 4.78 is 32.0. The summed E-state index contributed by atoms with van der Waals surface area (Å²) in [5.41, 5.74) is 4.88. The fourth-order valence-corrected chi connectivity index (χ4v) is 10.3. The van der Waals surface area contributed by atoms with E-state index in [-0.39, 0.29) is 34.8 Å². The SMILES string of the molecule is Cc1cc(=O)n(CCN2CCC(N(Cc3ccc4c(c3)OCCO4)C(=O)OC(C)(C)C)CC2)c2cc(O)ccc12.Cc1cc(=O)n(CCN2CCC(NCc3ccc4c(c3)OCCO4)CC2)c2cc(O)ccc12. The molecule has 16 heteroatoms. The molecule has 10 rings (SSSR count). The van der Waals surface area contributed by atoms with Gasteiger partial charge in [0.25, 0.3) is 11.1 Å². The van der Waals surface area contributed by atoms with E-state index >= 15 is 0 Å². The van der Waals surface area contributed by atoms with Gasteiger partial charge in [0.15, 0.2) is 23.0 Å². The predicted molar refractivity (Wildman–Crippen MR) is 282 cm³/mol. The van der Waals surface area contributed by atoms with Crippen molar-refractivity contribution in [2.75, 3.05) is 65.7 Å². The topological polar surface area (TPSA) is 169 Å². The Morgan fingerprint density at radius 3 is 1.59 bits per heavy atom. The first-order valence-corrected chi connectivity index (χ1v) is 25.8. The summed E-state index contributed by atoms with van der Waals surface area (Å²) in [4.78, 5) is 45.4. The Hall–Kier alpha value is -6.75. The summed E-state index contributed by atoms with van der Waals surface area (Å²) >= 11 is 0. The molecule has 16 nitrogen and oxygen atoms in total. The third kappa shape index (κ3) is 12.7. The highest BCUT2D eigenvalue weighted by molar-refractivity contribution is 5.84. The molecule has 0 atom stereocenters. The van der Waals surface area contributed by atoms with Crippen LogP contribution in [0, 0.1) is 13.8 Å². The highest BCUT2D eigenvalue weighted by Crippen LogP contribution is 2.33. The molecule has 0 saturated carbocycles. The molecule has 4 aliphatic rings. The molecule has 2 aromatic heterocycles. The number of carbonyl (C=O) groups excluding carboxylic acids is 1. The number of phenols is 2. The van der Waals surface area contributed by atoms with E-state index in [1.165, 1.54) is 5.56 Å². The predicted octanol–water partition coefficient (Wildman–Crippen LogP) is 7.73. The smallest absolute Gasteiger partial charge is 0.410 e. The van der Waals surface area contributed by atoms with Gasteiger partial charge in [-0.2, -0.15) is 0 Å². The van der Waals surface area contributed by atoms with Crippen LogP contribution in [0.3, 0.4) is 0 Å². The van der Waals surface area contributed by atoms with Gasteiger partial charge in [0, 0.05) is 99.5 Å². The Kier molecular flexibility index (Phi) is 15.8. The minimum absolute atomic E-state index is 0.0124. The van der Waals surface area contributed by atoms with Crippen LogP contribution in [0.1, 0.15) is 68.7 Å². The van der Waals surface area contributed by atoms with Crippen molar-refractivity contribution in [1.82, 2.24) is 29.2 Å². The van der Waals surface area contributed by atoms with Crippen LogP contribution in [-0.2, 0) is 30.9 Å². The van der Waals surface area contributed by atoms with Crippen molar-refractivity contribution in [1.29, 1.82) is 0 Å². The number of nitrogens with zero attached hydrogens (tertiary/aromatic N) is 5. The largest absolute Gasteiger partial charge is 0.508 e. The minimum Gasteiger partial charge on any atom is -0.508 e. The molecule has 0 unspecified atom stereocenters. The van der Waals surface area contributed by atoms with E-state index in [2.05, 4.69) is 27.2 Å². The Balaban J connectivity index is 0.000000183. The first kappa shape index (κ1) is 51.2. The molecule has 2 fully saturated rings. The van der Waals surface area contributed by atoms with Gasteiger partial charge in [0.2, 0.25) is 0 Å². The molecule has 0 aliphatic carbocycles. The van der Waals surface area contributed by atoms with E-state index in [4.69, 9.17) is 23.7 Å². The summed E-state index contributed by atoms with van der Waals surface area (Å²) in [6.07, 6.45) is 3.43. The summed E-state index contributed by atoms with van der Waals surface area (Å²) in [6.45, 7) is 19.3. The lowest BCUT2D eigenvalue weighted by atomic mass is 10.0. The van der Waals surface area contributed by atoms with Crippen molar-refractivity contribution in [2.24, 2.45) is 0 Å². The van der Waals surface area contributed by atoms with Gasteiger partial charge < -0.3 is 63.0 Å². The number of rotatable bonds is 12. The lowest BCUT2D eigenvalue weighted by molar-refractivity contribution is 0.00561. The van der Waals surface area contributed by atoms with Gasteiger partial charge in [0.1, 0.15) is 43.5 Å². The van der Waals surface area contributed by atoms with E-state index in [1.54, 1.807) is 45.5 Å². The number of ether oxygens (including phenoxy) is 5. The number of nitrogens with one attached hydrogen (secondary N) is 1. The molecular weight excluding hydrogens is 929 g/mol. The molecule has 0 bridgehead atoms. The number of hydrogen-bond acceptors (Lipinski definition) is 13. The zero-order valence-corrected chi connectivity index (χ0v) is 42.9. The maximum Gasteiger partial charge on any atom is 0.410 e. The van der Waals surface area contributed by atoms with Crippen molar-refractivity contribution < 1.29 is 38.7 Å². The van der Waals surface area contributed by atoms with Gasteiger partial charge in [0.05, 0.1) is 11.0 Å². The normalized spacial score (nSPS) is 16.5. The molecule has 6 heterocycles. The molecule has 1 amide bonds. The first-order valence-electron chi connectivity index (χ1n) is 25.8. The monoisotopic (exact) mass is 999 g/mol. The van der Waals surface area contributed by atoms with Crippen LogP contribution < -0.4 is 35.4 Å².